The van der Waals surface area contributed by atoms with Crippen LogP contribution >= 0.6 is 0 Å². The summed E-state index contributed by atoms with van der Waals surface area (Å²) in [6.07, 6.45) is 2.24. The molecule has 110 valence electrons. The van der Waals surface area contributed by atoms with Gasteiger partial charge in [0.15, 0.2) is 0 Å². The van der Waals surface area contributed by atoms with Crippen LogP contribution in [0.4, 0.5) is 0 Å². The van der Waals surface area contributed by atoms with Gasteiger partial charge in [0.1, 0.15) is 0 Å². The molecule has 2 rings (SSSR count). The lowest BCUT2D eigenvalue weighted by atomic mass is 10.0. The number of hydrogen-bond donors (Lipinski definition) is 1. The Labute approximate surface area is 121 Å². The Morgan fingerprint density at radius 3 is 2.50 bits per heavy atom. The van der Waals surface area contributed by atoms with Crippen molar-refractivity contribution < 1.29 is 4.79 Å². The third-order valence-corrected chi connectivity index (χ3v) is 3.88. The lowest BCUT2D eigenvalue weighted by molar-refractivity contribution is -0.127. The SMILES string of the molecule is CN(C)C(=O)CNC1CCN(Cc2ccccc2)CC1. The summed E-state index contributed by atoms with van der Waals surface area (Å²) >= 11 is 0. The van der Waals surface area contributed by atoms with Crippen LogP contribution in [0.25, 0.3) is 0 Å². The van der Waals surface area contributed by atoms with Gasteiger partial charge in [-0.25, -0.2) is 0 Å². The third kappa shape index (κ3) is 4.62. The highest BCUT2D eigenvalue weighted by Gasteiger charge is 2.19. The van der Waals surface area contributed by atoms with E-state index in [4.69, 9.17) is 0 Å². The van der Waals surface area contributed by atoms with Crippen molar-refractivity contribution in [3.8, 4) is 0 Å². The van der Waals surface area contributed by atoms with Crippen LogP contribution in [0.15, 0.2) is 30.3 Å². The van der Waals surface area contributed by atoms with E-state index >= 15 is 0 Å². The van der Waals surface area contributed by atoms with E-state index in [2.05, 4.69) is 40.5 Å². The molecule has 1 N–H and O–H groups in total. The Bertz CT molecular complexity index is 411. The molecule has 0 spiro atoms. The van der Waals surface area contributed by atoms with E-state index in [1.807, 2.05) is 0 Å². The van der Waals surface area contributed by atoms with E-state index in [9.17, 15) is 4.79 Å². The summed E-state index contributed by atoms with van der Waals surface area (Å²) < 4.78 is 0. The molecule has 1 amide bonds. The van der Waals surface area contributed by atoms with E-state index in [0.29, 0.717) is 12.6 Å². The van der Waals surface area contributed by atoms with Crippen LogP contribution < -0.4 is 5.32 Å². The maximum Gasteiger partial charge on any atom is 0.236 e. The van der Waals surface area contributed by atoms with Gasteiger partial charge in [-0.2, -0.15) is 0 Å². The molecular weight excluding hydrogens is 250 g/mol. The van der Waals surface area contributed by atoms with Crippen molar-refractivity contribution in [1.82, 2.24) is 15.1 Å². The van der Waals surface area contributed by atoms with Gasteiger partial charge in [0.2, 0.25) is 5.91 Å². The Morgan fingerprint density at radius 1 is 1.25 bits per heavy atom. The number of benzene rings is 1. The molecular formula is C16H25N3O. The zero-order chi connectivity index (χ0) is 14.4. The van der Waals surface area contributed by atoms with E-state index in [1.54, 1.807) is 19.0 Å². The number of rotatable bonds is 5. The van der Waals surface area contributed by atoms with Crippen molar-refractivity contribution in [1.29, 1.82) is 0 Å². The van der Waals surface area contributed by atoms with Crippen LogP contribution in [0.5, 0.6) is 0 Å². The second-order valence-electron chi connectivity index (χ2n) is 5.71. The number of nitrogens with zero attached hydrogens (tertiary/aromatic N) is 2. The van der Waals surface area contributed by atoms with Crippen LogP contribution in [0.1, 0.15) is 18.4 Å². The summed E-state index contributed by atoms with van der Waals surface area (Å²) in [5, 5.41) is 3.37. The highest BCUT2D eigenvalue weighted by Crippen LogP contribution is 2.13. The molecule has 1 aliphatic heterocycles. The van der Waals surface area contributed by atoms with Gasteiger partial charge in [-0.1, -0.05) is 30.3 Å². The molecule has 0 aromatic heterocycles. The minimum absolute atomic E-state index is 0.150. The van der Waals surface area contributed by atoms with Gasteiger partial charge in [0, 0.05) is 26.7 Å². The number of piperidine rings is 1. The van der Waals surface area contributed by atoms with E-state index in [0.717, 1.165) is 32.5 Å². The third-order valence-electron chi connectivity index (χ3n) is 3.88. The molecule has 0 bridgehead atoms. The number of likely N-dealkylation sites (tertiary alicyclic amines) is 1. The summed E-state index contributed by atoms with van der Waals surface area (Å²) in [6, 6.07) is 11.1. The number of carbonyl (C=O) groups excluding carboxylic acids is 1. The van der Waals surface area contributed by atoms with Crippen LogP contribution in [-0.4, -0.2) is 55.5 Å². The Balaban J connectivity index is 1.69. The predicted molar refractivity (Wildman–Crippen MR) is 81.4 cm³/mol. The van der Waals surface area contributed by atoms with Crippen LogP contribution in [0, 0.1) is 0 Å². The number of carbonyl (C=O) groups is 1. The maximum atomic E-state index is 11.5. The molecule has 20 heavy (non-hydrogen) atoms. The van der Waals surface area contributed by atoms with Crippen molar-refractivity contribution in [2.75, 3.05) is 33.7 Å². The second-order valence-corrected chi connectivity index (χ2v) is 5.71. The minimum Gasteiger partial charge on any atom is -0.348 e. The molecule has 1 saturated heterocycles. The van der Waals surface area contributed by atoms with E-state index in [1.165, 1.54) is 5.56 Å². The minimum atomic E-state index is 0.150. The van der Waals surface area contributed by atoms with Crippen molar-refractivity contribution in [3.63, 3.8) is 0 Å². The molecule has 0 radical (unpaired) electrons. The number of nitrogens with one attached hydrogen (secondary N) is 1. The van der Waals surface area contributed by atoms with Gasteiger partial charge in [-0.05, 0) is 31.5 Å². The molecule has 0 atom stereocenters. The number of likely N-dealkylation sites (N-methyl/N-ethyl adjacent to an activating group) is 1. The second kappa shape index (κ2) is 7.41. The van der Waals surface area contributed by atoms with Crippen molar-refractivity contribution in [2.45, 2.75) is 25.4 Å². The van der Waals surface area contributed by atoms with Crippen LogP contribution in [-0.2, 0) is 11.3 Å². The number of amides is 1. The first-order valence-electron chi connectivity index (χ1n) is 7.35. The van der Waals surface area contributed by atoms with Gasteiger partial charge in [0.25, 0.3) is 0 Å². The topological polar surface area (TPSA) is 35.6 Å². The first-order chi connectivity index (χ1) is 9.65. The molecule has 1 aromatic carbocycles. The fraction of sp³-hybridized carbons (Fsp3) is 0.562. The fourth-order valence-corrected chi connectivity index (χ4v) is 2.53. The summed E-state index contributed by atoms with van der Waals surface area (Å²) in [4.78, 5) is 15.7. The zero-order valence-electron chi connectivity index (χ0n) is 12.5. The molecule has 1 heterocycles. The quantitative estimate of drug-likeness (QED) is 0.880. The average molecular weight is 275 g/mol. The lowest BCUT2D eigenvalue weighted by Crippen LogP contribution is -2.45. The first kappa shape index (κ1) is 15.0. The van der Waals surface area contributed by atoms with Crippen molar-refractivity contribution in [2.24, 2.45) is 0 Å². The fourth-order valence-electron chi connectivity index (χ4n) is 2.53. The predicted octanol–water partition coefficient (Wildman–Crippen LogP) is 1.33. The van der Waals surface area contributed by atoms with E-state index < -0.39 is 0 Å². The highest BCUT2D eigenvalue weighted by molar-refractivity contribution is 5.77. The van der Waals surface area contributed by atoms with Gasteiger partial charge in [-0.3, -0.25) is 9.69 Å². The highest BCUT2D eigenvalue weighted by atomic mass is 16.2. The maximum absolute atomic E-state index is 11.5. The van der Waals surface area contributed by atoms with Crippen LogP contribution in [0.3, 0.4) is 0 Å². The molecule has 4 nitrogen and oxygen atoms in total. The van der Waals surface area contributed by atoms with Gasteiger partial charge >= 0.3 is 0 Å². The summed E-state index contributed by atoms with van der Waals surface area (Å²) in [5.74, 6) is 0.150. The first-order valence-corrected chi connectivity index (χ1v) is 7.35. The largest absolute Gasteiger partial charge is 0.348 e. The normalized spacial score (nSPS) is 17.1. The standard InChI is InChI=1S/C16H25N3O/c1-18(2)16(20)12-17-15-8-10-19(11-9-15)13-14-6-4-3-5-7-14/h3-7,15,17H,8-13H2,1-2H3. The van der Waals surface area contributed by atoms with E-state index in [-0.39, 0.29) is 5.91 Å². The summed E-state index contributed by atoms with van der Waals surface area (Å²) in [6.45, 7) is 3.69. The molecule has 1 aromatic rings. The lowest BCUT2D eigenvalue weighted by Gasteiger charge is -2.32. The Morgan fingerprint density at radius 2 is 1.90 bits per heavy atom. The average Bonchev–Trinajstić information content (AvgIpc) is 2.47. The number of hydrogen-bond acceptors (Lipinski definition) is 3. The molecule has 0 aliphatic carbocycles. The molecule has 0 unspecified atom stereocenters. The van der Waals surface area contributed by atoms with Gasteiger partial charge in [-0.15, -0.1) is 0 Å². The summed E-state index contributed by atoms with van der Waals surface area (Å²) in [7, 11) is 3.60. The smallest absolute Gasteiger partial charge is 0.236 e. The van der Waals surface area contributed by atoms with Crippen LogP contribution in [0.2, 0.25) is 0 Å². The molecule has 0 saturated carbocycles. The zero-order valence-corrected chi connectivity index (χ0v) is 12.5. The van der Waals surface area contributed by atoms with Gasteiger partial charge < -0.3 is 10.2 Å². The Kier molecular flexibility index (Phi) is 5.56. The Hall–Kier alpha value is -1.39. The van der Waals surface area contributed by atoms with Gasteiger partial charge in [0.05, 0.1) is 6.54 Å². The monoisotopic (exact) mass is 275 g/mol. The van der Waals surface area contributed by atoms with Crippen molar-refractivity contribution in [3.05, 3.63) is 35.9 Å². The molecule has 1 aliphatic rings. The molecule has 1 fully saturated rings. The van der Waals surface area contributed by atoms with Crippen molar-refractivity contribution >= 4 is 5.91 Å². The summed E-state index contributed by atoms with van der Waals surface area (Å²) in [5.41, 5.74) is 1.38. The molecule has 4 heteroatoms.